The fraction of sp³-hybridized carbons (Fsp3) is 0.467. The highest BCUT2D eigenvalue weighted by molar-refractivity contribution is 5.95. The van der Waals surface area contributed by atoms with Gasteiger partial charge >= 0.3 is 0 Å². The lowest BCUT2D eigenvalue weighted by atomic mass is 10.2. The third kappa shape index (κ3) is 4.84. The van der Waals surface area contributed by atoms with Gasteiger partial charge in [0.2, 0.25) is 5.91 Å². The van der Waals surface area contributed by atoms with Crippen molar-refractivity contribution in [3.05, 3.63) is 24.3 Å². The summed E-state index contributed by atoms with van der Waals surface area (Å²) in [6, 6.07) is 6.94. The molecule has 0 saturated carbocycles. The molecule has 0 spiro atoms. The minimum Gasteiger partial charge on any atom is -0.372 e. The molecular weight excluding hydrogens is 272 g/mol. The summed E-state index contributed by atoms with van der Waals surface area (Å²) in [5, 5.41) is 5.51. The van der Waals surface area contributed by atoms with Crippen LogP contribution in [0.4, 0.5) is 11.4 Å². The van der Waals surface area contributed by atoms with Crippen LogP contribution in [0.25, 0.3) is 0 Å². The number of amides is 2. The minimum atomic E-state index is -0.351. The van der Waals surface area contributed by atoms with Crippen molar-refractivity contribution in [2.45, 2.75) is 25.9 Å². The maximum Gasteiger partial charge on any atom is 0.253 e. The van der Waals surface area contributed by atoms with E-state index in [1.165, 1.54) is 0 Å². The van der Waals surface area contributed by atoms with Crippen LogP contribution < -0.4 is 10.6 Å². The van der Waals surface area contributed by atoms with Gasteiger partial charge in [-0.1, -0.05) is 0 Å². The molecule has 2 rings (SSSR count). The van der Waals surface area contributed by atoms with E-state index in [4.69, 9.17) is 9.47 Å². The highest BCUT2D eigenvalue weighted by Crippen LogP contribution is 2.17. The Morgan fingerprint density at radius 1 is 1.24 bits per heavy atom. The Balaban J connectivity index is 1.83. The predicted octanol–water partition coefficient (Wildman–Crippen LogP) is 1.78. The van der Waals surface area contributed by atoms with E-state index < -0.39 is 0 Å². The van der Waals surface area contributed by atoms with E-state index >= 15 is 0 Å². The van der Waals surface area contributed by atoms with Gasteiger partial charge in [0.15, 0.2) is 0 Å². The Morgan fingerprint density at radius 3 is 2.48 bits per heavy atom. The topological polar surface area (TPSA) is 76.7 Å². The first-order valence-electron chi connectivity index (χ1n) is 7.09. The second-order valence-electron chi connectivity index (χ2n) is 4.75. The van der Waals surface area contributed by atoms with Crippen LogP contribution in [0.15, 0.2) is 24.3 Å². The van der Waals surface area contributed by atoms with Crippen LogP contribution in [-0.2, 0) is 19.1 Å². The van der Waals surface area contributed by atoms with Crippen LogP contribution in [0, 0.1) is 0 Å². The van der Waals surface area contributed by atoms with Crippen LogP contribution in [0.2, 0.25) is 0 Å². The van der Waals surface area contributed by atoms with Gasteiger partial charge in [0.1, 0.15) is 12.7 Å². The Labute approximate surface area is 123 Å². The molecule has 1 aliphatic rings. The van der Waals surface area contributed by atoms with Gasteiger partial charge in [0, 0.05) is 24.6 Å². The molecule has 1 aliphatic heterocycles. The van der Waals surface area contributed by atoms with Gasteiger partial charge in [-0.2, -0.15) is 0 Å². The second kappa shape index (κ2) is 7.75. The fourth-order valence-electron chi connectivity index (χ4n) is 2.04. The fourth-order valence-corrected chi connectivity index (χ4v) is 2.04. The standard InChI is InChI=1S/C15H20N2O4/c1-2-20-10-14(18)16-11-5-7-12(8-6-11)17-15(19)13-4-3-9-21-13/h5-8,13H,2-4,9-10H2,1H3,(H,16,18)(H,17,19). The third-order valence-electron chi connectivity index (χ3n) is 3.10. The largest absolute Gasteiger partial charge is 0.372 e. The van der Waals surface area contributed by atoms with Crippen molar-refractivity contribution < 1.29 is 19.1 Å². The molecule has 1 aromatic rings. The Hall–Kier alpha value is -1.92. The minimum absolute atomic E-state index is 0.0357. The number of hydrogen-bond acceptors (Lipinski definition) is 4. The van der Waals surface area contributed by atoms with Crippen molar-refractivity contribution in [3.8, 4) is 0 Å². The lowest BCUT2D eigenvalue weighted by molar-refractivity contribution is -0.124. The molecule has 1 atom stereocenters. The quantitative estimate of drug-likeness (QED) is 0.838. The molecule has 0 aliphatic carbocycles. The number of benzene rings is 1. The highest BCUT2D eigenvalue weighted by Gasteiger charge is 2.23. The van der Waals surface area contributed by atoms with Crippen molar-refractivity contribution >= 4 is 23.2 Å². The summed E-state index contributed by atoms with van der Waals surface area (Å²) in [5.74, 6) is -0.325. The molecule has 1 saturated heterocycles. The maximum atomic E-state index is 11.9. The number of nitrogens with one attached hydrogen (secondary N) is 2. The van der Waals surface area contributed by atoms with E-state index in [1.807, 2.05) is 6.92 Å². The number of ether oxygens (including phenoxy) is 2. The number of hydrogen-bond donors (Lipinski definition) is 2. The van der Waals surface area contributed by atoms with E-state index in [2.05, 4.69) is 10.6 Å². The Bertz CT molecular complexity index is 481. The lowest BCUT2D eigenvalue weighted by Crippen LogP contribution is -2.26. The summed E-state index contributed by atoms with van der Waals surface area (Å²) in [6.45, 7) is 3.01. The smallest absolute Gasteiger partial charge is 0.253 e. The van der Waals surface area contributed by atoms with Crippen LogP contribution in [0.3, 0.4) is 0 Å². The van der Waals surface area contributed by atoms with Gasteiger partial charge in [0.05, 0.1) is 0 Å². The molecule has 1 heterocycles. The lowest BCUT2D eigenvalue weighted by Gasteiger charge is -2.11. The van der Waals surface area contributed by atoms with E-state index in [9.17, 15) is 9.59 Å². The molecular formula is C15H20N2O4. The average molecular weight is 292 g/mol. The van der Waals surface area contributed by atoms with Gasteiger partial charge in [0.25, 0.3) is 5.91 Å². The van der Waals surface area contributed by atoms with Gasteiger partial charge in [-0.3, -0.25) is 9.59 Å². The van der Waals surface area contributed by atoms with Gasteiger partial charge in [-0.15, -0.1) is 0 Å². The first-order chi connectivity index (χ1) is 10.2. The van der Waals surface area contributed by atoms with Crippen LogP contribution in [-0.4, -0.2) is 37.7 Å². The maximum absolute atomic E-state index is 11.9. The van der Waals surface area contributed by atoms with E-state index in [0.29, 0.717) is 24.6 Å². The first-order valence-corrected chi connectivity index (χ1v) is 7.09. The zero-order chi connectivity index (χ0) is 15.1. The van der Waals surface area contributed by atoms with Crippen molar-refractivity contribution in [1.82, 2.24) is 0 Å². The summed E-state index contributed by atoms with van der Waals surface area (Å²) < 4.78 is 10.3. The first kappa shape index (κ1) is 15.5. The average Bonchev–Trinajstić information content (AvgIpc) is 3.01. The molecule has 21 heavy (non-hydrogen) atoms. The van der Waals surface area contributed by atoms with Crippen molar-refractivity contribution in [3.63, 3.8) is 0 Å². The number of anilines is 2. The van der Waals surface area contributed by atoms with Crippen molar-refractivity contribution in [1.29, 1.82) is 0 Å². The van der Waals surface area contributed by atoms with E-state index in [-0.39, 0.29) is 24.5 Å². The van der Waals surface area contributed by atoms with Gasteiger partial charge in [-0.05, 0) is 44.0 Å². The molecule has 1 unspecified atom stereocenters. The molecule has 2 N–H and O–H groups in total. The Morgan fingerprint density at radius 2 is 1.90 bits per heavy atom. The Kier molecular flexibility index (Phi) is 5.71. The zero-order valence-corrected chi connectivity index (χ0v) is 12.1. The summed E-state index contributed by atoms with van der Waals surface area (Å²) in [4.78, 5) is 23.4. The second-order valence-corrected chi connectivity index (χ2v) is 4.75. The van der Waals surface area contributed by atoms with Gasteiger partial charge < -0.3 is 20.1 Å². The summed E-state index contributed by atoms with van der Waals surface area (Å²) in [5.41, 5.74) is 1.34. The molecule has 0 bridgehead atoms. The summed E-state index contributed by atoms with van der Waals surface area (Å²) in [7, 11) is 0. The molecule has 6 nitrogen and oxygen atoms in total. The van der Waals surface area contributed by atoms with Crippen LogP contribution in [0.5, 0.6) is 0 Å². The SMILES string of the molecule is CCOCC(=O)Nc1ccc(NC(=O)C2CCCO2)cc1. The third-order valence-corrected chi connectivity index (χ3v) is 3.10. The molecule has 1 fully saturated rings. The zero-order valence-electron chi connectivity index (χ0n) is 12.1. The monoisotopic (exact) mass is 292 g/mol. The van der Waals surface area contributed by atoms with Crippen LogP contribution in [0.1, 0.15) is 19.8 Å². The van der Waals surface area contributed by atoms with E-state index in [0.717, 1.165) is 12.8 Å². The van der Waals surface area contributed by atoms with Crippen LogP contribution >= 0.6 is 0 Å². The number of carbonyl (C=O) groups excluding carboxylic acids is 2. The summed E-state index contributed by atoms with van der Waals surface area (Å²) >= 11 is 0. The molecule has 0 aromatic heterocycles. The van der Waals surface area contributed by atoms with Crippen molar-refractivity contribution in [2.75, 3.05) is 30.5 Å². The molecule has 0 radical (unpaired) electrons. The predicted molar refractivity (Wildman–Crippen MR) is 79.2 cm³/mol. The normalized spacial score (nSPS) is 17.5. The molecule has 6 heteroatoms. The molecule has 114 valence electrons. The number of carbonyl (C=O) groups is 2. The molecule has 2 amide bonds. The van der Waals surface area contributed by atoms with Crippen molar-refractivity contribution in [2.24, 2.45) is 0 Å². The highest BCUT2D eigenvalue weighted by atomic mass is 16.5. The van der Waals surface area contributed by atoms with E-state index in [1.54, 1.807) is 24.3 Å². The summed E-state index contributed by atoms with van der Waals surface area (Å²) in [6.07, 6.45) is 1.33. The molecule has 1 aromatic carbocycles. The number of rotatable bonds is 6. The van der Waals surface area contributed by atoms with Gasteiger partial charge in [-0.25, -0.2) is 0 Å².